The Morgan fingerprint density at radius 1 is 1.25 bits per heavy atom. The minimum absolute atomic E-state index is 0.0119. The summed E-state index contributed by atoms with van der Waals surface area (Å²) in [7, 11) is 0. The average molecular weight is 282 g/mol. The van der Waals surface area contributed by atoms with Gasteiger partial charge in [-0.15, -0.1) is 0 Å². The van der Waals surface area contributed by atoms with Gasteiger partial charge in [0.25, 0.3) is 0 Å². The molecular weight excluding hydrogens is 248 g/mol. The van der Waals surface area contributed by atoms with Crippen molar-refractivity contribution in [2.75, 3.05) is 0 Å². The number of carbonyl (C=O) groups excluding carboxylic acids is 1. The fourth-order valence-electron chi connectivity index (χ4n) is 3.22. The molecule has 0 bridgehead atoms. The minimum Gasteiger partial charge on any atom is -0.350 e. The maximum Gasteiger partial charge on any atom is 0.237 e. The number of rotatable bonds is 6. The Labute approximate surface area is 125 Å². The molecule has 1 fully saturated rings. The molecule has 1 heterocycles. The highest BCUT2D eigenvalue weighted by Crippen LogP contribution is 2.23. The number of nitrogens with one attached hydrogen (secondary N) is 2. The molecule has 118 valence electrons. The number of hydrogen-bond acceptors (Lipinski definition) is 2. The summed E-state index contributed by atoms with van der Waals surface area (Å²) in [4.78, 5) is 12.5. The first-order valence-corrected chi connectivity index (χ1v) is 8.37. The third-order valence-corrected chi connectivity index (χ3v) is 4.96. The summed E-state index contributed by atoms with van der Waals surface area (Å²) in [5.41, 5.74) is -0.109. The van der Waals surface area contributed by atoms with Crippen molar-refractivity contribution in [3.8, 4) is 0 Å². The van der Waals surface area contributed by atoms with E-state index in [1.165, 1.54) is 12.8 Å². The van der Waals surface area contributed by atoms with Crippen LogP contribution in [0, 0.1) is 11.8 Å². The largest absolute Gasteiger partial charge is 0.350 e. The monoisotopic (exact) mass is 282 g/mol. The van der Waals surface area contributed by atoms with Gasteiger partial charge in [0.1, 0.15) is 0 Å². The van der Waals surface area contributed by atoms with Gasteiger partial charge < -0.3 is 10.6 Å². The SMILES string of the molecule is CCC(CC)CC(C)(C)NC(=O)C1CCC(C)C(C)N1. The highest BCUT2D eigenvalue weighted by Gasteiger charge is 2.31. The fourth-order valence-corrected chi connectivity index (χ4v) is 3.22. The maximum absolute atomic E-state index is 12.5. The van der Waals surface area contributed by atoms with Crippen molar-refractivity contribution in [2.45, 2.75) is 91.3 Å². The first kappa shape index (κ1) is 17.5. The smallest absolute Gasteiger partial charge is 0.237 e. The molecule has 3 unspecified atom stereocenters. The van der Waals surface area contributed by atoms with Gasteiger partial charge in [-0.05, 0) is 51.9 Å². The van der Waals surface area contributed by atoms with Crippen LogP contribution in [0.1, 0.15) is 73.6 Å². The van der Waals surface area contributed by atoms with Gasteiger partial charge in [-0.2, -0.15) is 0 Å². The molecule has 0 aromatic rings. The van der Waals surface area contributed by atoms with Crippen LogP contribution in [-0.2, 0) is 4.79 Å². The van der Waals surface area contributed by atoms with Crippen molar-refractivity contribution in [1.82, 2.24) is 10.6 Å². The van der Waals surface area contributed by atoms with E-state index in [1.54, 1.807) is 0 Å². The molecule has 1 aliphatic heterocycles. The van der Waals surface area contributed by atoms with Gasteiger partial charge in [0.05, 0.1) is 6.04 Å². The predicted octanol–water partition coefficient (Wildman–Crippen LogP) is 3.48. The number of piperidine rings is 1. The van der Waals surface area contributed by atoms with Crippen LogP contribution in [-0.4, -0.2) is 23.5 Å². The molecule has 3 nitrogen and oxygen atoms in total. The first-order chi connectivity index (χ1) is 9.29. The van der Waals surface area contributed by atoms with Crippen LogP contribution in [0.15, 0.2) is 0 Å². The zero-order chi connectivity index (χ0) is 15.3. The van der Waals surface area contributed by atoms with Gasteiger partial charge in [0, 0.05) is 11.6 Å². The maximum atomic E-state index is 12.5. The second kappa shape index (κ2) is 7.44. The molecule has 3 heteroatoms. The van der Waals surface area contributed by atoms with Gasteiger partial charge in [-0.1, -0.05) is 33.6 Å². The molecule has 1 rings (SSSR count). The molecule has 0 aromatic heterocycles. The molecular formula is C17H34N2O. The summed E-state index contributed by atoms with van der Waals surface area (Å²) >= 11 is 0. The van der Waals surface area contributed by atoms with E-state index in [0.29, 0.717) is 17.9 Å². The van der Waals surface area contributed by atoms with Crippen LogP contribution < -0.4 is 10.6 Å². The van der Waals surface area contributed by atoms with Crippen molar-refractivity contribution in [1.29, 1.82) is 0 Å². The predicted molar refractivity (Wildman–Crippen MR) is 85.7 cm³/mol. The van der Waals surface area contributed by atoms with E-state index in [2.05, 4.69) is 52.2 Å². The van der Waals surface area contributed by atoms with Crippen molar-refractivity contribution >= 4 is 5.91 Å². The van der Waals surface area contributed by atoms with E-state index >= 15 is 0 Å². The molecule has 1 amide bonds. The third-order valence-electron chi connectivity index (χ3n) is 4.96. The molecule has 0 aromatic carbocycles. The number of carbonyl (C=O) groups is 1. The van der Waals surface area contributed by atoms with Crippen molar-refractivity contribution < 1.29 is 4.79 Å². The standard InChI is InChI=1S/C17H34N2O/c1-7-14(8-2)11-17(5,6)19-16(20)15-10-9-12(3)13(4)18-15/h12-15,18H,7-11H2,1-6H3,(H,19,20). The van der Waals surface area contributed by atoms with Crippen LogP contribution in [0.2, 0.25) is 0 Å². The summed E-state index contributed by atoms with van der Waals surface area (Å²) in [6.45, 7) is 13.2. The van der Waals surface area contributed by atoms with Gasteiger partial charge in [0.15, 0.2) is 0 Å². The minimum atomic E-state index is -0.109. The van der Waals surface area contributed by atoms with E-state index in [-0.39, 0.29) is 17.5 Å². The quantitative estimate of drug-likeness (QED) is 0.783. The summed E-state index contributed by atoms with van der Waals surface area (Å²) < 4.78 is 0. The lowest BCUT2D eigenvalue weighted by Gasteiger charge is -2.36. The molecule has 1 saturated heterocycles. The van der Waals surface area contributed by atoms with Gasteiger partial charge in [0.2, 0.25) is 5.91 Å². The van der Waals surface area contributed by atoms with Crippen LogP contribution in [0.5, 0.6) is 0 Å². The van der Waals surface area contributed by atoms with Crippen molar-refractivity contribution in [2.24, 2.45) is 11.8 Å². The number of amides is 1. The van der Waals surface area contributed by atoms with Gasteiger partial charge >= 0.3 is 0 Å². The summed E-state index contributed by atoms with van der Waals surface area (Å²) in [5, 5.41) is 6.72. The second-order valence-electron chi connectivity index (χ2n) is 7.32. The lowest BCUT2D eigenvalue weighted by atomic mass is 9.86. The summed E-state index contributed by atoms with van der Waals surface area (Å²) in [6, 6.07) is 0.420. The normalized spacial score (nSPS) is 27.6. The summed E-state index contributed by atoms with van der Waals surface area (Å²) in [6.07, 6.45) is 5.53. The Hall–Kier alpha value is -0.570. The lowest BCUT2D eigenvalue weighted by Crippen LogP contribution is -2.56. The Bertz CT molecular complexity index is 310. The van der Waals surface area contributed by atoms with E-state index in [0.717, 1.165) is 19.3 Å². The molecule has 0 saturated carbocycles. The molecule has 20 heavy (non-hydrogen) atoms. The van der Waals surface area contributed by atoms with Crippen molar-refractivity contribution in [3.05, 3.63) is 0 Å². The second-order valence-corrected chi connectivity index (χ2v) is 7.32. The van der Waals surface area contributed by atoms with Crippen LogP contribution in [0.4, 0.5) is 0 Å². The summed E-state index contributed by atoms with van der Waals surface area (Å²) in [5.74, 6) is 1.54. The molecule has 0 radical (unpaired) electrons. The van der Waals surface area contributed by atoms with Gasteiger partial charge in [-0.25, -0.2) is 0 Å². The van der Waals surface area contributed by atoms with Crippen molar-refractivity contribution in [3.63, 3.8) is 0 Å². The zero-order valence-electron chi connectivity index (χ0n) is 14.3. The average Bonchev–Trinajstić information content (AvgIpc) is 2.38. The first-order valence-electron chi connectivity index (χ1n) is 8.37. The lowest BCUT2D eigenvalue weighted by molar-refractivity contribution is -0.126. The zero-order valence-corrected chi connectivity index (χ0v) is 14.3. The van der Waals surface area contributed by atoms with E-state index < -0.39 is 0 Å². The highest BCUT2D eigenvalue weighted by molar-refractivity contribution is 5.82. The third kappa shape index (κ3) is 5.08. The van der Waals surface area contributed by atoms with Crippen LogP contribution >= 0.6 is 0 Å². The van der Waals surface area contributed by atoms with E-state index in [1.807, 2.05) is 0 Å². The molecule has 0 spiro atoms. The molecule has 3 atom stereocenters. The van der Waals surface area contributed by atoms with E-state index in [4.69, 9.17) is 0 Å². The highest BCUT2D eigenvalue weighted by atomic mass is 16.2. The molecule has 2 N–H and O–H groups in total. The Morgan fingerprint density at radius 2 is 1.85 bits per heavy atom. The van der Waals surface area contributed by atoms with Crippen LogP contribution in [0.3, 0.4) is 0 Å². The topological polar surface area (TPSA) is 41.1 Å². The molecule has 0 aliphatic carbocycles. The van der Waals surface area contributed by atoms with Crippen LogP contribution in [0.25, 0.3) is 0 Å². The van der Waals surface area contributed by atoms with E-state index in [9.17, 15) is 4.79 Å². The number of hydrogen-bond donors (Lipinski definition) is 2. The Kier molecular flexibility index (Phi) is 6.50. The Balaban J connectivity index is 2.52. The van der Waals surface area contributed by atoms with Gasteiger partial charge in [-0.3, -0.25) is 4.79 Å². The Morgan fingerprint density at radius 3 is 2.35 bits per heavy atom. The fraction of sp³-hybridized carbons (Fsp3) is 0.941. The molecule has 1 aliphatic rings.